The van der Waals surface area contributed by atoms with Gasteiger partial charge in [-0.05, 0) is 45.5 Å². The molecule has 0 aliphatic carbocycles. The van der Waals surface area contributed by atoms with Crippen LogP contribution in [0.1, 0.15) is 24.5 Å². The normalized spacial score (nSPS) is 21.6. The largest absolute Gasteiger partial charge is 0.388 e. The first-order valence-electron chi connectivity index (χ1n) is 7.36. The number of hydrogen-bond donors (Lipinski definition) is 1. The van der Waals surface area contributed by atoms with Crippen molar-refractivity contribution in [2.75, 3.05) is 40.3 Å². The van der Waals surface area contributed by atoms with Crippen molar-refractivity contribution in [1.82, 2.24) is 9.80 Å². The van der Waals surface area contributed by atoms with Crippen LogP contribution in [0, 0.1) is 11.7 Å². The maximum atomic E-state index is 13.6. The first kappa shape index (κ1) is 15.4. The SMILES string of the molecule is CN1CCC(CN(C)CCC(O)c2ccccc2F)C1. The Morgan fingerprint density at radius 1 is 1.45 bits per heavy atom. The van der Waals surface area contributed by atoms with Crippen LogP contribution in [0.5, 0.6) is 0 Å². The predicted octanol–water partition coefficient (Wildman–Crippen LogP) is 2.13. The van der Waals surface area contributed by atoms with Crippen molar-refractivity contribution in [2.45, 2.75) is 18.9 Å². The summed E-state index contributed by atoms with van der Waals surface area (Å²) in [7, 11) is 4.23. The summed E-state index contributed by atoms with van der Waals surface area (Å²) < 4.78 is 13.6. The van der Waals surface area contributed by atoms with Crippen LogP contribution >= 0.6 is 0 Å². The van der Waals surface area contributed by atoms with E-state index < -0.39 is 6.10 Å². The Bertz CT molecular complexity index is 427. The quantitative estimate of drug-likeness (QED) is 0.865. The Labute approximate surface area is 121 Å². The maximum Gasteiger partial charge on any atom is 0.128 e. The average Bonchev–Trinajstić information content (AvgIpc) is 2.82. The second-order valence-electron chi connectivity index (χ2n) is 6.01. The Morgan fingerprint density at radius 3 is 2.85 bits per heavy atom. The highest BCUT2D eigenvalue weighted by molar-refractivity contribution is 5.19. The first-order chi connectivity index (χ1) is 9.56. The minimum absolute atomic E-state index is 0.319. The van der Waals surface area contributed by atoms with Crippen molar-refractivity contribution in [2.24, 2.45) is 5.92 Å². The molecular formula is C16H25FN2O. The van der Waals surface area contributed by atoms with E-state index in [4.69, 9.17) is 0 Å². The molecule has 1 N–H and O–H groups in total. The highest BCUT2D eigenvalue weighted by atomic mass is 19.1. The summed E-state index contributed by atoms with van der Waals surface area (Å²) in [4.78, 5) is 4.60. The van der Waals surface area contributed by atoms with E-state index in [9.17, 15) is 9.50 Å². The minimum Gasteiger partial charge on any atom is -0.388 e. The number of benzene rings is 1. The third kappa shape index (κ3) is 4.27. The first-order valence-corrected chi connectivity index (χ1v) is 7.36. The van der Waals surface area contributed by atoms with Crippen molar-refractivity contribution in [3.8, 4) is 0 Å². The van der Waals surface area contributed by atoms with Gasteiger partial charge in [-0.25, -0.2) is 4.39 Å². The van der Waals surface area contributed by atoms with E-state index in [1.807, 2.05) is 0 Å². The van der Waals surface area contributed by atoms with Gasteiger partial charge >= 0.3 is 0 Å². The Kier molecular flexibility index (Phi) is 5.52. The number of nitrogens with zero attached hydrogens (tertiary/aromatic N) is 2. The second kappa shape index (κ2) is 7.16. The van der Waals surface area contributed by atoms with Gasteiger partial charge in [-0.3, -0.25) is 0 Å². The molecule has 112 valence electrons. The van der Waals surface area contributed by atoms with Gasteiger partial charge in [-0.2, -0.15) is 0 Å². The van der Waals surface area contributed by atoms with E-state index in [0.29, 0.717) is 12.0 Å². The van der Waals surface area contributed by atoms with Crippen LogP contribution in [0.4, 0.5) is 4.39 Å². The molecule has 0 bridgehead atoms. The molecule has 2 unspecified atom stereocenters. The summed E-state index contributed by atoms with van der Waals surface area (Å²) in [6, 6.07) is 6.47. The van der Waals surface area contributed by atoms with E-state index in [0.717, 1.165) is 25.6 Å². The highest BCUT2D eigenvalue weighted by Crippen LogP contribution is 2.20. The molecule has 4 heteroatoms. The van der Waals surface area contributed by atoms with E-state index in [-0.39, 0.29) is 5.82 Å². The zero-order valence-corrected chi connectivity index (χ0v) is 12.4. The number of aliphatic hydroxyl groups is 1. The molecule has 2 rings (SSSR count). The van der Waals surface area contributed by atoms with Crippen LogP contribution in [0.3, 0.4) is 0 Å². The predicted molar refractivity (Wildman–Crippen MR) is 79.1 cm³/mol. The van der Waals surface area contributed by atoms with Crippen LogP contribution in [0.25, 0.3) is 0 Å². The fraction of sp³-hybridized carbons (Fsp3) is 0.625. The Balaban J connectivity index is 1.75. The van der Waals surface area contributed by atoms with Gasteiger partial charge in [-0.1, -0.05) is 18.2 Å². The standard InChI is InChI=1S/C16H25FN2O/c1-18-9-7-13(11-18)12-19(2)10-8-16(20)14-5-3-4-6-15(14)17/h3-6,13,16,20H,7-12H2,1-2H3. The molecule has 2 atom stereocenters. The number of aliphatic hydroxyl groups excluding tert-OH is 1. The monoisotopic (exact) mass is 280 g/mol. The molecule has 1 aromatic carbocycles. The van der Waals surface area contributed by atoms with E-state index in [1.165, 1.54) is 19.0 Å². The van der Waals surface area contributed by atoms with Gasteiger partial charge in [0.15, 0.2) is 0 Å². The summed E-state index contributed by atoms with van der Waals surface area (Å²) in [6.07, 6.45) is 1.10. The van der Waals surface area contributed by atoms with Crippen molar-refractivity contribution in [3.63, 3.8) is 0 Å². The molecule has 0 saturated carbocycles. The fourth-order valence-corrected chi connectivity index (χ4v) is 2.95. The lowest BCUT2D eigenvalue weighted by Gasteiger charge is -2.22. The summed E-state index contributed by atoms with van der Waals surface area (Å²) in [5, 5.41) is 10.1. The van der Waals surface area contributed by atoms with Crippen LogP contribution in [0.2, 0.25) is 0 Å². The van der Waals surface area contributed by atoms with Gasteiger partial charge in [0.25, 0.3) is 0 Å². The molecule has 1 saturated heterocycles. The number of likely N-dealkylation sites (tertiary alicyclic amines) is 1. The molecule has 20 heavy (non-hydrogen) atoms. The number of rotatable bonds is 6. The van der Waals surface area contributed by atoms with Crippen LogP contribution in [0.15, 0.2) is 24.3 Å². The molecule has 0 spiro atoms. The number of hydrogen-bond acceptors (Lipinski definition) is 3. The third-order valence-corrected chi connectivity index (χ3v) is 4.11. The molecular weight excluding hydrogens is 255 g/mol. The van der Waals surface area contributed by atoms with E-state index >= 15 is 0 Å². The van der Waals surface area contributed by atoms with E-state index in [2.05, 4.69) is 23.9 Å². The fourth-order valence-electron chi connectivity index (χ4n) is 2.95. The highest BCUT2D eigenvalue weighted by Gasteiger charge is 2.21. The molecule has 1 fully saturated rings. The zero-order valence-electron chi connectivity index (χ0n) is 12.4. The summed E-state index contributed by atoms with van der Waals surface area (Å²) in [5.74, 6) is 0.399. The van der Waals surface area contributed by atoms with Gasteiger partial charge in [0.2, 0.25) is 0 Å². The zero-order chi connectivity index (χ0) is 14.5. The lowest BCUT2D eigenvalue weighted by molar-refractivity contribution is 0.141. The van der Waals surface area contributed by atoms with Gasteiger partial charge in [0, 0.05) is 25.2 Å². The second-order valence-corrected chi connectivity index (χ2v) is 6.01. The Hall–Kier alpha value is -0.970. The van der Waals surface area contributed by atoms with Crippen molar-refractivity contribution in [1.29, 1.82) is 0 Å². The van der Waals surface area contributed by atoms with Crippen LogP contribution < -0.4 is 0 Å². The average molecular weight is 280 g/mol. The molecule has 1 heterocycles. The van der Waals surface area contributed by atoms with E-state index in [1.54, 1.807) is 18.2 Å². The molecule has 1 aromatic rings. The van der Waals surface area contributed by atoms with Gasteiger partial charge in [0.05, 0.1) is 6.10 Å². The Morgan fingerprint density at radius 2 is 2.20 bits per heavy atom. The molecule has 1 aliphatic heterocycles. The van der Waals surface area contributed by atoms with Crippen molar-refractivity contribution in [3.05, 3.63) is 35.6 Å². The van der Waals surface area contributed by atoms with Crippen LogP contribution in [-0.4, -0.2) is 55.2 Å². The molecule has 1 aliphatic rings. The van der Waals surface area contributed by atoms with Gasteiger partial charge in [-0.15, -0.1) is 0 Å². The van der Waals surface area contributed by atoms with Gasteiger partial charge in [0.1, 0.15) is 5.82 Å². The number of halogens is 1. The lowest BCUT2D eigenvalue weighted by atomic mass is 10.1. The summed E-state index contributed by atoms with van der Waals surface area (Å²) >= 11 is 0. The molecule has 0 amide bonds. The topological polar surface area (TPSA) is 26.7 Å². The molecule has 3 nitrogen and oxygen atoms in total. The molecule has 0 aromatic heterocycles. The maximum absolute atomic E-state index is 13.6. The molecule has 0 radical (unpaired) electrons. The lowest BCUT2D eigenvalue weighted by Crippen LogP contribution is -2.29. The smallest absolute Gasteiger partial charge is 0.128 e. The minimum atomic E-state index is -0.718. The third-order valence-electron chi connectivity index (χ3n) is 4.11. The van der Waals surface area contributed by atoms with Crippen LogP contribution in [-0.2, 0) is 0 Å². The van der Waals surface area contributed by atoms with Crippen molar-refractivity contribution >= 4 is 0 Å². The summed E-state index contributed by atoms with van der Waals surface area (Å²) in [5.41, 5.74) is 0.404. The van der Waals surface area contributed by atoms with Crippen molar-refractivity contribution < 1.29 is 9.50 Å². The van der Waals surface area contributed by atoms with Gasteiger partial charge < -0.3 is 14.9 Å². The summed E-state index contributed by atoms with van der Waals surface area (Å²) in [6.45, 7) is 4.17.